The second-order valence-corrected chi connectivity index (χ2v) is 10.0. The number of hydrogen-bond donors (Lipinski definition) is 1. The van der Waals surface area contributed by atoms with Crippen LogP contribution >= 0.6 is 23.2 Å². The fourth-order valence-corrected chi connectivity index (χ4v) is 5.85. The van der Waals surface area contributed by atoms with Gasteiger partial charge in [-0.1, -0.05) is 41.4 Å². The highest BCUT2D eigenvalue weighted by Gasteiger charge is 2.31. The predicted molar refractivity (Wildman–Crippen MR) is 125 cm³/mol. The summed E-state index contributed by atoms with van der Waals surface area (Å²) in [6.45, 7) is 4.32. The van der Waals surface area contributed by atoms with Gasteiger partial charge in [0, 0.05) is 24.6 Å². The largest absolute Gasteiger partial charge is 0.369 e. The van der Waals surface area contributed by atoms with Crippen LogP contribution in [0.1, 0.15) is 23.2 Å². The molecule has 2 amide bonds. The van der Waals surface area contributed by atoms with E-state index < -0.39 is 10.0 Å². The van der Waals surface area contributed by atoms with Gasteiger partial charge in [-0.25, -0.2) is 8.42 Å². The van der Waals surface area contributed by atoms with Gasteiger partial charge < -0.3 is 10.6 Å². The van der Waals surface area contributed by atoms with Crippen molar-refractivity contribution in [3.8, 4) is 0 Å². The maximum atomic E-state index is 13.5. The fraction of sp³-hybridized carbons (Fsp3) is 0.273. The van der Waals surface area contributed by atoms with Gasteiger partial charge in [-0.2, -0.15) is 0 Å². The van der Waals surface area contributed by atoms with Gasteiger partial charge in [0.25, 0.3) is 15.9 Å². The molecule has 0 atom stereocenters. The number of benzene rings is 2. The van der Waals surface area contributed by atoms with Crippen LogP contribution in [0.3, 0.4) is 0 Å². The van der Waals surface area contributed by atoms with Gasteiger partial charge in [0.2, 0.25) is 5.91 Å². The first-order valence-corrected chi connectivity index (χ1v) is 12.1. The number of rotatable bonds is 7. The van der Waals surface area contributed by atoms with E-state index in [1.807, 2.05) is 0 Å². The van der Waals surface area contributed by atoms with Crippen LogP contribution in [0.2, 0.25) is 10.0 Å². The molecule has 1 saturated heterocycles. The smallest absolute Gasteiger partial charge is 0.266 e. The number of sulfonamides is 1. The molecule has 0 aromatic heterocycles. The Hall–Kier alpha value is -2.55. The molecule has 0 unspecified atom stereocenters. The Morgan fingerprint density at radius 3 is 2.38 bits per heavy atom. The molecule has 32 heavy (non-hydrogen) atoms. The van der Waals surface area contributed by atoms with Crippen molar-refractivity contribution in [2.45, 2.75) is 17.7 Å². The van der Waals surface area contributed by atoms with Crippen molar-refractivity contribution in [2.75, 3.05) is 23.9 Å². The standard InChI is InChI=1S/C22H23Cl2N3O4S/c1-2-11-27(19-6-4-3-5-17(19)23)32(30,31)20-14-16(7-8-18(20)24)22(29)26-12-9-15(10-13-26)21(25)28/h2-8,14-15H,1,9-13H2,(H2,25,28). The number of likely N-dealkylation sites (tertiary alicyclic amines) is 1. The lowest BCUT2D eigenvalue weighted by atomic mass is 9.96. The monoisotopic (exact) mass is 495 g/mol. The van der Waals surface area contributed by atoms with E-state index in [0.717, 1.165) is 4.31 Å². The number of amides is 2. The number of primary amides is 1. The molecule has 0 radical (unpaired) electrons. The zero-order valence-corrected chi connectivity index (χ0v) is 19.5. The molecule has 0 aliphatic carbocycles. The number of halogens is 2. The lowest BCUT2D eigenvalue weighted by molar-refractivity contribution is -0.123. The van der Waals surface area contributed by atoms with Crippen molar-refractivity contribution in [3.63, 3.8) is 0 Å². The van der Waals surface area contributed by atoms with E-state index in [1.54, 1.807) is 29.2 Å². The van der Waals surface area contributed by atoms with Gasteiger partial charge in [-0.05, 0) is 43.2 Å². The average Bonchev–Trinajstić information content (AvgIpc) is 2.78. The van der Waals surface area contributed by atoms with Gasteiger partial charge in [-0.3, -0.25) is 13.9 Å². The minimum absolute atomic E-state index is 0.0184. The third-order valence-corrected chi connectivity index (χ3v) is 7.93. The first-order valence-electron chi connectivity index (χ1n) is 9.93. The summed E-state index contributed by atoms with van der Waals surface area (Å²) >= 11 is 12.5. The zero-order chi connectivity index (χ0) is 23.5. The molecule has 1 fully saturated rings. The van der Waals surface area contributed by atoms with Crippen LogP contribution in [0.15, 0.2) is 60.0 Å². The van der Waals surface area contributed by atoms with Crippen molar-refractivity contribution >= 4 is 50.7 Å². The van der Waals surface area contributed by atoms with Crippen molar-refractivity contribution in [1.82, 2.24) is 4.90 Å². The summed E-state index contributed by atoms with van der Waals surface area (Å²) in [5.41, 5.74) is 5.81. The second kappa shape index (κ2) is 9.94. The first kappa shape index (κ1) is 24.1. The number of nitrogens with two attached hydrogens (primary N) is 1. The molecule has 0 spiro atoms. The van der Waals surface area contributed by atoms with E-state index in [-0.39, 0.29) is 50.5 Å². The van der Waals surface area contributed by atoms with Crippen LogP contribution in [-0.2, 0) is 14.8 Å². The van der Waals surface area contributed by atoms with Crippen molar-refractivity contribution in [3.05, 3.63) is 70.7 Å². The fourth-order valence-electron chi connectivity index (χ4n) is 3.60. The summed E-state index contributed by atoms with van der Waals surface area (Å²) in [6, 6.07) is 10.7. The quantitative estimate of drug-likeness (QED) is 0.591. The van der Waals surface area contributed by atoms with Gasteiger partial charge >= 0.3 is 0 Å². The lowest BCUT2D eigenvalue weighted by Crippen LogP contribution is -2.41. The third-order valence-electron chi connectivity index (χ3n) is 5.35. The van der Waals surface area contributed by atoms with E-state index in [0.29, 0.717) is 25.9 Å². The van der Waals surface area contributed by atoms with E-state index in [9.17, 15) is 18.0 Å². The number of anilines is 1. The summed E-state index contributed by atoms with van der Waals surface area (Å²) in [6.07, 6.45) is 2.38. The predicted octanol–water partition coefficient (Wildman–Crippen LogP) is 3.71. The van der Waals surface area contributed by atoms with Crippen molar-refractivity contribution in [1.29, 1.82) is 0 Å². The number of carbonyl (C=O) groups is 2. The molecule has 1 aliphatic heterocycles. The summed E-state index contributed by atoms with van der Waals surface area (Å²) in [5.74, 6) is -0.976. The average molecular weight is 496 g/mol. The maximum Gasteiger partial charge on any atom is 0.266 e. The van der Waals surface area contributed by atoms with Crippen LogP contribution < -0.4 is 10.0 Å². The second-order valence-electron chi connectivity index (χ2n) is 7.39. The molecule has 1 heterocycles. The Morgan fingerprint density at radius 2 is 1.78 bits per heavy atom. The van der Waals surface area contributed by atoms with Gasteiger partial charge in [0.05, 0.1) is 22.3 Å². The summed E-state index contributed by atoms with van der Waals surface area (Å²) in [5, 5.41) is 0.230. The van der Waals surface area contributed by atoms with Crippen molar-refractivity contribution < 1.29 is 18.0 Å². The molecule has 2 aromatic rings. The molecule has 10 heteroatoms. The highest BCUT2D eigenvalue weighted by Crippen LogP contribution is 2.33. The normalized spacial score (nSPS) is 14.8. The number of carbonyl (C=O) groups excluding carboxylic acids is 2. The third kappa shape index (κ3) is 4.92. The Morgan fingerprint density at radius 1 is 1.12 bits per heavy atom. The molecule has 1 aliphatic rings. The van der Waals surface area contributed by atoms with Gasteiger partial charge in [-0.15, -0.1) is 6.58 Å². The number of piperidine rings is 1. The highest BCUT2D eigenvalue weighted by molar-refractivity contribution is 7.93. The van der Waals surface area contributed by atoms with E-state index >= 15 is 0 Å². The topological polar surface area (TPSA) is 101 Å². The molecular formula is C22H23Cl2N3O4S. The Balaban J connectivity index is 1.95. The van der Waals surface area contributed by atoms with Crippen LogP contribution in [0.5, 0.6) is 0 Å². The maximum absolute atomic E-state index is 13.5. The van der Waals surface area contributed by atoms with Crippen LogP contribution in [0.4, 0.5) is 5.69 Å². The van der Waals surface area contributed by atoms with Crippen LogP contribution in [-0.4, -0.2) is 44.8 Å². The molecule has 0 saturated carbocycles. The van der Waals surface area contributed by atoms with Crippen LogP contribution in [0, 0.1) is 5.92 Å². The number of para-hydroxylation sites is 1. The van der Waals surface area contributed by atoms with Crippen LogP contribution in [0.25, 0.3) is 0 Å². The molecule has 7 nitrogen and oxygen atoms in total. The van der Waals surface area contributed by atoms with Crippen molar-refractivity contribution in [2.24, 2.45) is 11.7 Å². The van der Waals surface area contributed by atoms with E-state index in [2.05, 4.69) is 6.58 Å². The Kier molecular flexibility index (Phi) is 7.48. The minimum atomic E-state index is -4.16. The molecule has 3 rings (SSSR count). The zero-order valence-electron chi connectivity index (χ0n) is 17.2. The molecule has 2 N–H and O–H groups in total. The number of nitrogens with zero attached hydrogens (tertiary/aromatic N) is 2. The minimum Gasteiger partial charge on any atom is -0.369 e. The molecular weight excluding hydrogens is 473 g/mol. The number of hydrogen-bond acceptors (Lipinski definition) is 4. The summed E-state index contributed by atoms with van der Waals surface area (Å²) < 4.78 is 28.1. The molecule has 170 valence electrons. The van der Waals surface area contributed by atoms with E-state index in [1.165, 1.54) is 24.3 Å². The molecule has 0 bridgehead atoms. The lowest BCUT2D eigenvalue weighted by Gasteiger charge is -2.31. The van der Waals surface area contributed by atoms with Gasteiger partial charge in [0.15, 0.2) is 0 Å². The van der Waals surface area contributed by atoms with E-state index in [4.69, 9.17) is 28.9 Å². The summed E-state index contributed by atoms with van der Waals surface area (Å²) in [4.78, 5) is 25.7. The summed E-state index contributed by atoms with van der Waals surface area (Å²) in [7, 11) is -4.16. The Labute approximate surface area is 197 Å². The SMILES string of the molecule is C=CCN(c1ccccc1Cl)S(=O)(=O)c1cc(C(=O)N2CCC(C(N)=O)CC2)ccc1Cl. The highest BCUT2D eigenvalue weighted by atomic mass is 35.5. The molecule has 2 aromatic carbocycles. The first-order chi connectivity index (χ1) is 15.2. The van der Waals surface area contributed by atoms with Gasteiger partial charge in [0.1, 0.15) is 4.90 Å². The Bertz CT molecular complexity index is 1150.